The summed E-state index contributed by atoms with van der Waals surface area (Å²) in [6, 6.07) is 51.7. The first kappa shape index (κ1) is 28.2. The minimum Gasteiger partial charge on any atom is -0.308 e. The van der Waals surface area contributed by atoms with Crippen molar-refractivity contribution in [1.29, 1.82) is 0 Å². The van der Waals surface area contributed by atoms with E-state index in [9.17, 15) is 0 Å². The monoisotopic (exact) mass is 615 g/mol. The first-order valence-electron chi connectivity index (χ1n) is 16.7. The smallest absolute Gasteiger partial charge is 0.0809 e. The van der Waals surface area contributed by atoms with E-state index in [0.717, 1.165) is 67.8 Å². The fourth-order valence-electron chi connectivity index (χ4n) is 7.29. The molecule has 0 spiro atoms. The van der Waals surface area contributed by atoms with E-state index in [1.54, 1.807) is 0 Å². The number of nitrogens with zero attached hydrogens (tertiary/aromatic N) is 3. The van der Waals surface area contributed by atoms with Crippen LogP contribution in [0.15, 0.2) is 164 Å². The normalized spacial score (nSPS) is 14.5. The molecule has 5 aromatic carbocycles. The summed E-state index contributed by atoms with van der Waals surface area (Å²) in [6.07, 6.45) is 7.75. The van der Waals surface area contributed by atoms with Crippen molar-refractivity contribution >= 4 is 38.3 Å². The Kier molecular flexibility index (Phi) is 6.83. The number of allylic oxidation sites excluding steroid dienone is 4. The maximum atomic E-state index is 5.28. The molecular weight excluding hydrogens is 583 g/mol. The van der Waals surface area contributed by atoms with E-state index in [1.165, 1.54) is 21.9 Å². The van der Waals surface area contributed by atoms with Crippen LogP contribution in [0.2, 0.25) is 0 Å². The number of benzene rings is 5. The summed E-state index contributed by atoms with van der Waals surface area (Å²) < 4.78 is 2.42. The highest BCUT2D eigenvalue weighted by atomic mass is 15.0. The molecule has 0 aliphatic heterocycles. The van der Waals surface area contributed by atoms with Gasteiger partial charge >= 0.3 is 0 Å². The maximum Gasteiger partial charge on any atom is 0.0809 e. The molecule has 1 atom stereocenters. The minimum absolute atomic E-state index is 0.443. The molecule has 0 saturated carbocycles. The molecule has 228 valence electrons. The second-order valence-electron chi connectivity index (χ2n) is 12.6. The van der Waals surface area contributed by atoms with Crippen molar-refractivity contribution in [2.24, 2.45) is 5.92 Å². The third-order valence-corrected chi connectivity index (χ3v) is 9.61. The summed E-state index contributed by atoms with van der Waals surface area (Å²) in [6.45, 7) is 2.31. The Hall–Kier alpha value is -6.06. The summed E-state index contributed by atoms with van der Waals surface area (Å²) in [4.78, 5) is 10.5. The van der Waals surface area contributed by atoms with Crippen molar-refractivity contribution < 1.29 is 0 Å². The molecule has 0 amide bonds. The Morgan fingerprint density at radius 2 is 1.25 bits per heavy atom. The average molecular weight is 616 g/mol. The van der Waals surface area contributed by atoms with Gasteiger partial charge in [0.1, 0.15) is 0 Å². The van der Waals surface area contributed by atoms with Gasteiger partial charge in [-0.1, -0.05) is 134 Å². The van der Waals surface area contributed by atoms with Crippen molar-refractivity contribution in [3.05, 3.63) is 169 Å². The molecule has 9 rings (SSSR count). The maximum absolute atomic E-state index is 5.28. The van der Waals surface area contributed by atoms with Gasteiger partial charge in [0.05, 0.1) is 33.6 Å². The zero-order valence-electron chi connectivity index (χ0n) is 26.7. The molecule has 3 heterocycles. The van der Waals surface area contributed by atoms with Gasteiger partial charge in [0.25, 0.3) is 0 Å². The third-order valence-electron chi connectivity index (χ3n) is 9.61. The van der Waals surface area contributed by atoms with E-state index in [0.29, 0.717) is 5.92 Å². The predicted octanol–water partition coefficient (Wildman–Crippen LogP) is 11.7. The molecule has 0 radical (unpaired) electrons. The molecule has 1 aliphatic carbocycles. The van der Waals surface area contributed by atoms with Crippen LogP contribution in [0.4, 0.5) is 0 Å². The lowest BCUT2D eigenvalue weighted by molar-refractivity contribution is 0.758. The van der Waals surface area contributed by atoms with E-state index in [4.69, 9.17) is 9.97 Å². The summed E-state index contributed by atoms with van der Waals surface area (Å²) in [5.74, 6) is 0.443. The van der Waals surface area contributed by atoms with Crippen LogP contribution < -0.4 is 0 Å². The van der Waals surface area contributed by atoms with Crippen LogP contribution in [0.3, 0.4) is 0 Å². The van der Waals surface area contributed by atoms with Crippen molar-refractivity contribution in [1.82, 2.24) is 14.5 Å². The molecule has 0 saturated heterocycles. The van der Waals surface area contributed by atoms with Gasteiger partial charge in [-0.05, 0) is 59.9 Å². The van der Waals surface area contributed by atoms with E-state index in [-0.39, 0.29) is 0 Å². The van der Waals surface area contributed by atoms with Crippen LogP contribution in [-0.2, 0) is 0 Å². The number of hydrogen-bond acceptors (Lipinski definition) is 2. The third kappa shape index (κ3) is 4.75. The highest BCUT2D eigenvalue weighted by molar-refractivity contribution is 6.22. The summed E-state index contributed by atoms with van der Waals surface area (Å²) in [5.41, 5.74) is 13.2. The Morgan fingerprint density at radius 3 is 2.04 bits per heavy atom. The van der Waals surface area contributed by atoms with Crippen LogP contribution in [0.25, 0.3) is 77.7 Å². The van der Waals surface area contributed by atoms with Crippen molar-refractivity contribution in [2.45, 2.75) is 13.3 Å². The molecule has 1 aliphatic rings. The molecule has 0 bridgehead atoms. The molecule has 1 unspecified atom stereocenters. The Bertz CT molecular complexity index is 2540. The van der Waals surface area contributed by atoms with Crippen molar-refractivity contribution in [3.8, 4) is 39.5 Å². The second kappa shape index (κ2) is 11.6. The van der Waals surface area contributed by atoms with Crippen molar-refractivity contribution in [3.63, 3.8) is 0 Å². The molecule has 3 aromatic heterocycles. The summed E-state index contributed by atoms with van der Waals surface area (Å²) >= 11 is 0. The Balaban J connectivity index is 1.31. The zero-order valence-corrected chi connectivity index (χ0v) is 26.7. The first-order valence-corrected chi connectivity index (χ1v) is 16.7. The molecule has 3 heteroatoms. The fourth-order valence-corrected chi connectivity index (χ4v) is 7.29. The predicted molar refractivity (Wildman–Crippen MR) is 201 cm³/mol. The summed E-state index contributed by atoms with van der Waals surface area (Å²) in [7, 11) is 0. The number of pyridine rings is 2. The summed E-state index contributed by atoms with van der Waals surface area (Å²) in [5, 5.41) is 3.48. The van der Waals surface area contributed by atoms with E-state index in [2.05, 4.69) is 175 Å². The standard InChI is InChI=1S/C45H33N3/c1-30-15-8-9-22-36(30)34-28-40(31-16-4-2-5-17-31)46-41(29-34)33-20-14-21-35(27-33)48-42-26-13-11-24-38(42)43-44(32-18-6-3-7-19-32)47-39-25-12-10-23-37(39)45(43)48/h2-14,16-30H,15H2,1H3. The molecular formula is C45H33N3. The van der Waals surface area contributed by atoms with Crippen molar-refractivity contribution in [2.75, 3.05) is 0 Å². The van der Waals surface area contributed by atoms with Gasteiger partial charge in [0.15, 0.2) is 0 Å². The number of fused-ring (bicyclic) bond motifs is 5. The van der Waals surface area contributed by atoms with E-state index >= 15 is 0 Å². The molecule has 8 aromatic rings. The van der Waals surface area contributed by atoms with E-state index in [1.807, 2.05) is 0 Å². The van der Waals surface area contributed by atoms with Gasteiger partial charge in [0, 0.05) is 38.5 Å². The van der Waals surface area contributed by atoms with E-state index < -0.39 is 0 Å². The lowest BCUT2D eigenvalue weighted by atomic mass is 9.87. The van der Waals surface area contributed by atoms with Crippen LogP contribution in [-0.4, -0.2) is 14.5 Å². The zero-order chi connectivity index (χ0) is 32.0. The largest absolute Gasteiger partial charge is 0.308 e. The average Bonchev–Trinajstić information content (AvgIpc) is 3.51. The number of para-hydroxylation sites is 2. The topological polar surface area (TPSA) is 30.7 Å². The van der Waals surface area contributed by atoms with Crippen LogP contribution in [0.5, 0.6) is 0 Å². The lowest BCUT2D eigenvalue weighted by Gasteiger charge is -2.19. The first-order chi connectivity index (χ1) is 23.7. The SMILES string of the molecule is CC1CC=CC=C1c1cc(-c2ccccc2)nc(-c2cccc(-n3c4ccccc4c4c(-c5ccccc5)nc5ccccc5c43)c2)c1. The second-order valence-corrected chi connectivity index (χ2v) is 12.6. The fraction of sp³-hybridized carbons (Fsp3) is 0.0667. The Morgan fingerprint density at radius 1 is 0.583 bits per heavy atom. The molecule has 0 N–H and O–H groups in total. The van der Waals surface area contributed by atoms with Gasteiger partial charge in [-0.25, -0.2) is 9.97 Å². The molecule has 48 heavy (non-hydrogen) atoms. The van der Waals surface area contributed by atoms with Gasteiger partial charge in [-0.15, -0.1) is 0 Å². The highest BCUT2D eigenvalue weighted by Crippen LogP contribution is 2.42. The molecule has 3 nitrogen and oxygen atoms in total. The van der Waals surface area contributed by atoms with Gasteiger partial charge in [0.2, 0.25) is 0 Å². The van der Waals surface area contributed by atoms with Gasteiger partial charge in [-0.3, -0.25) is 0 Å². The molecule has 0 fully saturated rings. The highest BCUT2D eigenvalue weighted by Gasteiger charge is 2.21. The van der Waals surface area contributed by atoms with Crippen LogP contribution in [0.1, 0.15) is 18.9 Å². The Labute approximate surface area is 280 Å². The van der Waals surface area contributed by atoms with Gasteiger partial charge < -0.3 is 4.57 Å². The minimum atomic E-state index is 0.443. The quantitative estimate of drug-likeness (QED) is 0.193. The number of aromatic nitrogens is 3. The lowest BCUT2D eigenvalue weighted by Crippen LogP contribution is -2.02. The van der Waals surface area contributed by atoms with Crippen LogP contribution >= 0.6 is 0 Å². The number of rotatable bonds is 5. The van der Waals surface area contributed by atoms with Gasteiger partial charge in [-0.2, -0.15) is 0 Å². The van der Waals surface area contributed by atoms with Crippen LogP contribution in [0, 0.1) is 5.92 Å². The number of hydrogen-bond donors (Lipinski definition) is 0.